The van der Waals surface area contributed by atoms with E-state index in [2.05, 4.69) is 10.3 Å². The molecule has 6 nitrogen and oxygen atoms in total. The molecule has 21 heavy (non-hydrogen) atoms. The van der Waals surface area contributed by atoms with Gasteiger partial charge in [0.1, 0.15) is 5.69 Å². The highest BCUT2D eigenvalue weighted by molar-refractivity contribution is 7.13. The number of carbonyl (C=O) groups is 2. The SMILES string of the molecule is CC[C@H](C)NC(=O)C1CCN(C(=O)c2csc(N)n2)CC1. The zero-order chi connectivity index (χ0) is 15.4. The van der Waals surface area contributed by atoms with Gasteiger partial charge < -0.3 is 16.0 Å². The highest BCUT2D eigenvalue weighted by Crippen LogP contribution is 2.20. The Morgan fingerprint density at radius 2 is 2.19 bits per heavy atom. The molecule has 0 saturated carbocycles. The first-order valence-electron chi connectivity index (χ1n) is 7.32. The van der Waals surface area contributed by atoms with Gasteiger partial charge in [0.2, 0.25) is 5.91 Å². The standard InChI is InChI=1S/C14H22N4O2S/c1-3-9(2)16-12(19)10-4-6-18(7-5-10)13(20)11-8-21-14(15)17-11/h8-10H,3-7H2,1-2H3,(H2,15,17)(H,16,19)/t9-/m0/s1. The Labute approximate surface area is 128 Å². The number of nitrogens with one attached hydrogen (secondary N) is 1. The largest absolute Gasteiger partial charge is 0.375 e. The van der Waals surface area contributed by atoms with Gasteiger partial charge in [-0.1, -0.05) is 6.92 Å². The number of carbonyl (C=O) groups excluding carboxylic acids is 2. The van der Waals surface area contributed by atoms with Gasteiger partial charge in [0.05, 0.1) is 0 Å². The van der Waals surface area contributed by atoms with Crippen LogP contribution in [0.15, 0.2) is 5.38 Å². The van der Waals surface area contributed by atoms with Crippen LogP contribution in [0.25, 0.3) is 0 Å². The van der Waals surface area contributed by atoms with Crippen LogP contribution in [0.1, 0.15) is 43.6 Å². The summed E-state index contributed by atoms with van der Waals surface area (Å²) in [5.41, 5.74) is 5.95. The fourth-order valence-corrected chi connectivity index (χ4v) is 2.89. The first-order chi connectivity index (χ1) is 10.0. The summed E-state index contributed by atoms with van der Waals surface area (Å²) in [5.74, 6) is 0.0154. The summed E-state index contributed by atoms with van der Waals surface area (Å²) in [7, 11) is 0. The van der Waals surface area contributed by atoms with E-state index in [-0.39, 0.29) is 23.8 Å². The molecule has 0 unspecified atom stereocenters. The van der Waals surface area contributed by atoms with Crippen molar-refractivity contribution >= 4 is 28.3 Å². The summed E-state index contributed by atoms with van der Waals surface area (Å²) in [6.07, 6.45) is 2.33. The maximum Gasteiger partial charge on any atom is 0.273 e. The second kappa shape index (κ2) is 6.89. The summed E-state index contributed by atoms with van der Waals surface area (Å²) in [5, 5.41) is 5.09. The van der Waals surface area contributed by atoms with Crippen LogP contribution in [-0.2, 0) is 4.79 Å². The van der Waals surface area contributed by atoms with Crippen LogP contribution in [0.2, 0.25) is 0 Å². The molecule has 1 aliphatic heterocycles. The molecule has 1 fully saturated rings. The van der Waals surface area contributed by atoms with E-state index in [1.165, 1.54) is 11.3 Å². The molecule has 3 N–H and O–H groups in total. The zero-order valence-corrected chi connectivity index (χ0v) is 13.3. The number of anilines is 1. The van der Waals surface area contributed by atoms with E-state index in [9.17, 15) is 9.59 Å². The third kappa shape index (κ3) is 3.93. The maximum absolute atomic E-state index is 12.2. The predicted octanol–water partition coefficient (Wildman–Crippen LogP) is 1.49. The molecule has 0 bridgehead atoms. The molecule has 1 aromatic rings. The number of thiazole rings is 1. The summed E-state index contributed by atoms with van der Waals surface area (Å²) >= 11 is 1.27. The first-order valence-corrected chi connectivity index (χ1v) is 8.19. The quantitative estimate of drug-likeness (QED) is 0.882. The van der Waals surface area contributed by atoms with Gasteiger partial charge in [0.25, 0.3) is 5.91 Å². The van der Waals surface area contributed by atoms with Crippen molar-refractivity contribution in [3.8, 4) is 0 Å². The monoisotopic (exact) mass is 310 g/mol. The molecular formula is C14H22N4O2S. The smallest absolute Gasteiger partial charge is 0.273 e. The molecule has 1 aliphatic rings. The lowest BCUT2D eigenvalue weighted by Gasteiger charge is -2.31. The number of likely N-dealkylation sites (tertiary alicyclic amines) is 1. The average molecular weight is 310 g/mol. The van der Waals surface area contributed by atoms with Crippen molar-refractivity contribution in [2.24, 2.45) is 5.92 Å². The molecule has 2 heterocycles. The number of nitrogen functional groups attached to an aromatic ring is 1. The first kappa shape index (κ1) is 15.8. The van der Waals surface area contributed by atoms with Crippen LogP contribution >= 0.6 is 11.3 Å². The van der Waals surface area contributed by atoms with Crippen molar-refractivity contribution in [3.63, 3.8) is 0 Å². The molecule has 0 spiro atoms. The molecule has 2 rings (SSSR count). The number of nitrogens with zero attached hydrogens (tertiary/aromatic N) is 2. The fourth-order valence-electron chi connectivity index (χ4n) is 2.36. The number of piperidine rings is 1. The number of aromatic nitrogens is 1. The van der Waals surface area contributed by atoms with E-state index < -0.39 is 0 Å². The topological polar surface area (TPSA) is 88.3 Å². The van der Waals surface area contributed by atoms with Crippen LogP contribution in [0.5, 0.6) is 0 Å². The minimum atomic E-state index is -0.0938. The van der Waals surface area contributed by atoms with E-state index in [1.54, 1.807) is 10.3 Å². The van der Waals surface area contributed by atoms with E-state index in [0.717, 1.165) is 6.42 Å². The summed E-state index contributed by atoms with van der Waals surface area (Å²) < 4.78 is 0. The van der Waals surface area contributed by atoms with Crippen LogP contribution in [0.3, 0.4) is 0 Å². The molecule has 0 radical (unpaired) electrons. The number of hydrogen-bond donors (Lipinski definition) is 2. The van der Waals surface area contributed by atoms with Crippen molar-refractivity contribution < 1.29 is 9.59 Å². The minimum Gasteiger partial charge on any atom is -0.375 e. The van der Waals surface area contributed by atoms with Crippen LogP contribution in [0.4, 0.5) is 5.13 Å². The number of rotatable bonds is 4. The van der Waals surface area contributed by atoms with Gasteiger partial charge in [0.15, 0.2) is 5.13 Å². The Hall–Kier alpha value is -1.63. The van der Waals surface area contributed by atoms with Crippen molar-refractivity contribution in [1.29, 1.82) is 0 Å². The van der Waals surface area contributed by atoms with Gasteiger partial charge in [-0.25, -0.2) is 4.98 Å². The van der Waals surface area contributed by atoms with Gasteiger partial charge in [-0.05, 0) is 26.2 Å². The Morgan fingerprint density at radius 3 is 2.71 bits per heavy atom. The van der Waals surface area contributed by atoms with Crippen molar-refractivity contribution in [3.05, 3.63) is 11.1 Å². The third-order valence-corrected chi connectivity index (χ3v) is 4.57. The molecule has 2 amide bonds. The molecule has 1 aromatic heterocycles. The van der Waals surface area contributed by atoms with E-state index >= 15 is 0 Å². The van der Waals surface area contributed by atoms with Gasteiger partial charge in [-0.2, -0.15) is 0 Å². The molecule has 1 atom stereocenters. The normalized spacial score (nSPS) is 17.5. The van der Waals surface area contributed by atoms with Crippen molar-refractivity contribution in [2.75, 3.05) is 18.8 Å². The lowest BCUT2D eigenvalue weighted by Crippen LogP contribution is -2.44. The minimum absolute atomic E-state index is 0.00329. The summed E-state index contributed by atoms with van der Waals surface area (Å²) in [6, 6.07) is 0.204. The van der Waals surface area contributed by atoms with Gasteiger partial charge in [-0.15, -0.1) is 11.3 Å². The highest BCUT2D eigenvalue weighted by atomic mass is 32.1. The van der Waals surface area contributed by atoms with Crippen LogP contribution in [0, 0.1) is 5.92 Å². The molecule has 116 valence electrons. The third-order valence-electron chi connectivity index (χ3n) is 3.90. The van der Waals surface area contributed by atoms with E-state index in [0.29, 0.717) is 36.8 Å². The number of amides is 2. The van der Waals surface area contributed by atoms with E-state index in [4.69, 9.17) is 5.73 Å². The Bertz CT molecular complexity index is 509. The highest BCUT2D eigenvalue weighted by Gasteiger charge is 2.28. The van der Waals surface area contributed by atoms with Gasteiger partial charge in [-0.3, -0.25) is 9.59 Å². The zero-order valence-electron chi connectivity index (χ0n) is 12.5. The number of nitrogens with two attached hydrogens (primary N) is 1. The Balaban J connectivity index is 1.85. The van der Waals surface area contributed by atoms with Crippen LogP contribution in [-0.4, -0.2) is 40.8 Å². The Morgan fingerprint density at radius 1 is 1.52 bits per heavy atom. The molecule has 1 saturated heterocycles. The van der Waals surface area contributed by atoms with Crippen molar-refractivity contribution in [2.45, 2.75) is 39.2 Å². The summed E-state index contributed by atoms with van der Waals surface area (Å²) in [4.78, 5) is 30.1. The number of hydrogen-bond acceptors (Lipinski definition) is 5. The van der Waals surface area contributed by atoms with Gasteiger partial charge >= 0.3 is 0 Å². The van der Waals surface area contributed by atoms with E-state index in [1.807, 2.05) is 13.8 Å². The predicted molar refractivity (Wildman–Crippen MR) is 83.0 cm³/mol. The second-order valence-corrected chi connectivity index (χ2v) is 6.35. The lowest BCUT2D eigenvalue weighted by atomic mass is 9.95. The Kier molecular flexibility index (Phi) is 5.17. The lowest BCUT2D eigenvalue weighted by molar-refractivity contribution is -0.126. The molecular weight excluding hydrogens is 288 g/mol. The molecule has 0 aliphatic carbocycles. The van der Waals surface area contributed by atoms with Gasteiger partial charge in [0, 0.05) is 30.4 Å². The molecule has 7 heteroatoms. The van der Waals surface area contributed by atoms with Crippen molar-refractivity contribution in [1.82, 2.24) is 15.2 Å². The second-order valence-electron chi connectivity index (χ2n) is 5.46. The fraction of sp³-hybridized carbons (Fsp3) is 0.643. The van der Waals surface area contributed by atoms with Crippen LogP contribution < -0.4 is 11.1 Å². The average Bonchev–Trinajstić information content (AvgIpc) is 2.93. The molecule has 0 aromatic carbocycles. The summed E-state index contributed by atoms with van der Waals surface area (Å²) in [6.45, 7) is 5.23. The maximum atomic E-state index is 12.2.